The molecule has 31 heavy (non-hydrogen) atoms. The van der Waals surface area contributed by atoms with Gasteiger partial charge in [-0.2, -0.15) is 9.78 Å². The van der Waals surface area contributed by atoms with E-state index in [2.05, 4.69) is 30.9 Å². The predicted octanol–water partition coefficient (Wildman–Crippen LogP) is 3.40. The van der Waals surface area contributed by atoms with Crippen molar-refractivity contribution in [3.05, 3.63) is 52.9 Å². The molecule has 3 aromatic heterocycles. The molecule has 0 amide bonds. The molecule has 3 N–H and O–H groups in total. The second-order valence-corrected chi connectivity index (χ2v) is 8.14. The van der Waals surface area contributed by atoms with Crippen LogP contribution in [0.3, 0.4) is 0 Å². The summed E-state index contributed by atoms with van der Waals surface area (Å²) in [7, 11) is 0. The zero-order chi connectivity index (χ0) is 21.4. The van der Waals surface area contributed by atoms with Crippen LogP contribution in [0.4, 0.5) is 5.82 Å². The Hall–Kier alpha value is -3.01. The average molecular weight is 456 g/mol. The molecule has 0 spiro atoms. The standard InChI is InChI=1S/C20H19Cl2N9/c21-16-4-1-5-17(18(16)22)31-20(27-28-29-31)15-7-12(8-25-19(15)23)13-9-26-30(11-13)14-3-2-6-24-10-14/h1,4-5,7-9,11,14,24H,2-3,6,10H2,(H2,23,25)/t14-/m0/s1. The predicted molar refractivity (Wildman–Crippen MR) is 119 cm³/mol. The fourth-order valence-corrected chi connectivity index (χ4v) is 4.11. The number of tetrazole rings is 1. The summed E-state index contributed by atoms with van der Waals surface area (Å²) in [6.07, 6.45) is 7.84. The van der Waals surface area contributed by atoms with Crippen molar-refractivity contribution < 1.29 is 0 Å². The molecule has 11 heteroatoms. The van der Waals surface area contributed by atoms with Crippen molar-refractivity contribution in [3.8, 4) is 28.2 Å². The van der Waals surface area contributed by atoms with Crippen LogP contribution in [0.2, 0.25) is 10.0 Å². The molecular formula is C20H19Cl2N9. The largest absolute Gasteiger partial charge is 0.383 e. The number of nitrogen functional groups attached to an aromatic ring is 1. The maximum atomic E-state index is 6.38. The van der Waals surface area contributed by atoms with E-state index in [1.165, 1.54) is 4.68 Å². The van der Waals surface area contributed by atoms with Gasteiger partial charge in [0.1, 0.15) is 5.82 Å². The van der Waals surface area contributed by atoms with Gasteiger partial charge < -0.3 is 11.1 Å². The SMILES string of the molecule is Nc1ncc(-c2cnn([C@H]3CCCNC3)c2)cc1-c1nnnn1-c1cccc(Cl)c1Cl. The highest BCUT2D eigenvalue weighted by Crippen LogP contribution is 2.33. The van der Waals surface area contributed by atoms with Gasteiger partial charge in [0.05, 0.1) is 33.5 Å². The van der Waals surface area contributed by atoms with Crippen LogP contribution in [0, 0.1) is 0 Å². The number of nitrogens with two attached hydrogens (primary N) is 1. The first-order valence-electron chi connectivity index (χ1n) is 9.85. The van der Waals surface area contributed by atoms with E-state index in [0.29, 0.717) is 39.0 Å². The number of pyridine rings is 1. The third-order valence-electron chi connectivity index (χ3n) is 5.37. The summed E-state index contributed by atoms with van der Waals surface area (Å²) in [4.78, 5) is 4.37. The van der Waals surface area contributed by atoms with Crippen LogP contribution >= 0.6 is 23.2 Å². The molecule has 1 aliphatic heterocycles. The van der Waals surface area contributed by atoms with E-state index in [0.717, 1.165) is 37.1 Å². The molecule has 4 aromatic rings. The molecule has 1 atom stereocenters. The van der Waals surface area contributed by atoms with E-state index in [1.807, 2.05) is 23.1 Å². The molecule has 9 nitrogen and oxygen atoms in total. The molecule has 0 saturated carbocycles. The topological polar surface area (TPSA) is 112 Å². The van der Waals surface area contributed by atoms with Gasteiger partial charge in [-0.05, 0) is 48.0 Å². The van der Waals surface area contributed by atoms with Gasteiger partial charge in [0, 0.05) is 30.1 Å². The number of piperidine rings is 1. The van der Waals surface area contributed by atoms with Crippen LogP contribution < -0.4 is 11.1 Å². The molecule has 1 aliphatic rings. The summed E-state index contributed by atoms with van der Waals surface area (Å²) in [6.45, 7) is 1.97. The highest BCUT2D eigenvalue weighted by Gasteiger charge is 2.20. The van der Waals surface area contributed by atoms with Gasteiger partial charge in [0.25, 0.3) is 0 Å². The third-order valence-corrected chi connectivity index (χ3v) is 6.18. The van der Waals surface area contributed by atoms with E-state index < -0.39 is 0 Å². The second-order valence-electron chi connectivity index (χ2n) is 7.35. The first-order chi connectivity index (χ1) is 15.1. The molecule has 0 bridgehead atoms. The lowest BCUT2D eigenvalue weighted by atomic mass is 10.1. The number of anilines is 1. The Bertz CT molecular complexity index is 1230. The van der Waals surface area contributed by atoms with Crippen LogP contribution in [0.25, 0.3) is 28.2 Å². The maximum Gasteiger partial charge on any atom is 0.190 e. The zero-order valence-electron chi connectivity index (χ0n) is 16.4. The number of nitrogens with one attached hydrogen (secondary N) is 1. The van der Waals surface area contributed by atoms with Gasteiger partial charge in [0.2, 0.25) is 0 Å². The van der Waals surface area contributed by atoms with Gasteiger partial charge in [-0.3, -0.25) is 4.68 Å². The Balaban J connectivity index is 1.53. The summed E-state index contributed by atoms with van der Waals surface area (Å²) in [6, 6.07) is 7.52. The van der Waals surface area contributed by atoms with Crippen molar-refractivity contribution in [2.45, 2.75) is 18.9 Å². The minimum atomic E-state index is 0.307. The van der Waals surface area contributed by atoms with Crippen molar-refractivity contribution >= 4 is 29.0 Å². The Morgan fingerprint density at radius 1 is 1.16 bits per heavy atom. The lowest BCUT2D eigenvalue weighted by molar-refractivity contribution is 0.347. The number of rotatable bonds is 4. The first kappa shape index (κ1) is 19.9. The number of aromatic nitrogens is 7. The van der Waals surface area contributed by atoms with Gasteiger partial charge in [-0.15, -0.1) is 5.10 Å². The molecule has 1 fully saturated rings. The number of hydrogen-bond acceptors (Lipinski definition) is 7. The van der Waals surface area contributed by atoms with Crippen molar-refractivity contribution in [2.75, 3.05) is 18.8 Å². The van der Waals surface area contributed by atoms with Crippen molar-refractivity contribution in [3.63, 3.8) is 0 Å². The summed E-state index contributed by atoms with van der Waals surface area (Å²) in [5.74, 6) is 0.724. The number of nitrogens with zero attached hydrogens (tertiary/aromatic N) is 7. The lowest BCUT2D eigenvalue weighted by Gasteiger charge is -2.22. The quantitative estimate of drug-likeness (QED) is 0.484. The monoisotopic (exact) mass is 455 g/mol. The molecule has 4 heterocycles. The van der Waals surface area contributed by atoms with Crippen molar-refractivity contribution in [1.82, 2.24) is 40.3 Å². The molecule has 1 saturated heterocycles. The number of hydrogen-bond donors (Lipinski definition) is 2. The minimum absolute atomic E-state index is 0.307. The van der Waals surface area contributed by atoms with E-state index >= 15 is 0 Å². The Morgan fingerprint density at radius 2 is 2.06 bits per heavy atom. The molecule has 0 unspecified atom stereocenters. The van der Waals surface area contributed by atoms with Crippen LogP contribution in [-0.2, 0) is 0 Å². The molecule has 1 aromatic carbocycles. The summed E-state index contributed by atoms with van der Waals surface area (Å²) >= 11 is 12.5. The molecule has 5 rings (SSSR count). The van der Waals surface area contributed by atoms with Gasteiger partial charge >= 0.3 is 0 Å². The van der Waals surface area contributed by atoms with Crippen molar-refractivity contribution in [1.29, 1.82) is 0 Å². The molecule has 0 radical (unpaired) electrons. The van der Waals surface area contributed by atoms with E-state index in [9.17, 15) is 0 Å². The summed E-state index contributed by atoms with van der Waals surface area (Å²) in [5.41, 5.74) is 9.14. The number of halogens is 2. The molecule has 0 aliphatic carbocycles. The van der Waals surface area contributed by atoms with Crippen LogP contribution in [-0.4, -0.2) is 48.1 Å². The maximum absolute atomic E-state index is 6.38. The average Bonchev–Trinajstić information content (AvgIpc) is 3.47. The summed E-state index contributed by atoms with van der Waals surface area (Å²) in [5, 5.41) is 20.8. The number of benzene rings is 1. The molecular weight excluding hydrogens is 437 g/mol. The summed E-state index contributed by atoms with van der Waals surface area (Å²) < 4.78 is 3.51. The zero-order valence-corrected chi connectivity index (χ0v) is 17.9. The fourth-order valence-electron chi connectivity index (χ4n) is 3.73. The highest BCUT2D eigenvalue weighted by atomic mass is 35.5. The Morgan fingerprint density at radius 3 is 2.90 bits per heavy atom. The van der Waals surface area contributed by atoms with Gasteiger partial charge in [0.15, 0.2) is 5.82 Å². The second kappa shape index (κ2) is 8.26. The third kappa shape index (κ3) is 3.76. The fraction of sp³-hybridized carbons (Fsp3) is 0.250. The minimum Gasteiger partial charge on any atom is -0.383 e. The molecule has 158 valence electrons. The highest BCUT2D eigenvalue weighted by molar-refractivity contribution is 6.43. The van der Waals surface area contributed by atoms with E-state index in [1.54, 1.807) is 24.4 Å². The van der Waals surface area contributed by atoms with Gasteiger partial charge in [-0.25, -0.2) is 4.98 Å². The Kier molecular flexibility index (Phi) is 5.31. The van der Waals surface area contributed by atoms with Crippen LogP contribution in [0.15, 0.2) is 42.9 Å². The Labute approximate surface area is 188 Å². The first-order valence-corrected chi connectivity index (χ1v) is 10.6. The lowest BCUT2D eigenvalue weighted by Crippen LogP contribution is -2.31. The van der Waals surface area contributed by atoms with Gasteiger partial charge in [-0.1, -0.05) is 29.3 Å². The van der Waals surface area contributed by atoms with Crippen LogP contribution in [0.1, 0.15) is 18.9 Å². The van der Waals surface area contributed by atoms with E-state index in [4.69, 9.17) is 28.9 Å². The normalized spacial score (nSPS) is 16.5. The smallest absolute Gasteiger partial charge is 0.190 e. The van der Waals surface area contributed by atoms with Crippen LogP contribution in [0.5, 0.6) is 0 Å². The van der Waals surface area contributed by atoms with E-state index in [-0.39, 0.29) is 0 Å². The van der Waals surface area contributed by atoms with Crippen molar-refractivity contribution in [2.24, 2.45) is 0 Å².